The van der Waals surface area contributed by atoms with Crippen molar-refractivity contribution in [2.24, 2.45) is 0 Å². The molecule has 0 bridgehead atoms. The standard InChI is InChI=1S/C21H28N4O2/c1-27-19-11-7-6-8-16(19)12-13-22-20-15-23-18(14-24-20)21(26)25-17-9-4-2-3-5-10-17/h6-8,11,14-15,17H,2-5,9-10,12-13H2,1H3,(H,22,24)(H,25,26). The highest BCUT2D eigenvalue weighted by molar-refractivity contribution is 5.92. The summed E-state index contributed by atoms with van der Waals surface area (Å²) >= 11 is 0. The van der Waals surface area contributed by atoms with E-state index in [-0.39, 0.29) is 11.9 Å². The molecule has 6 heteroatoms. The fourth-order valence-corrected chi connectivity index (χ4v) is 3.45. The maximum absolute atomic E-state index is 12.4. The summed E-state index contributed by atoms with van der Waals surface area (Å²) in [4.78, 5) is 20.9. The molecule has 3 rings (SSSR count). The maximum Gasteiger partial charge on any atom is 0.271 e. The Labute approximate surface area is 160 Å². The van der Waals surface area contributed by atoms with Gasteiger partial charge in [0.15, 0.2) is 0 Å². The van der Waals surface area contributed by atoms with Gasteiger partial charge in [0.2, 0.25) is 0 Å². The Morgan fingerprint density at radius 1 is 1.11 bits per heavy atom. The van der Waals surface area contributed by atoms with Crippen molar-refractivity contribution in [1.82, 2.24) is 15.3 Å². The molecule has 1 heterocycles. The Kier molecular flexibility index (Phi) is 7.02. The van der Waals surface area contributed by atoms with Gasteiger partial charge in [0, 0.05) is 12.6 Å². The summed E-state index contributed by atoms with van der Waals surface area (Å²) in [6, 6.07) is 8.23. The molecule has 0 atom stereocenters. The molecule has 1 aromatic carbocycles. The van der Waals surface area contributed by atoms with Crippen LogP contribution in [0, 0.1) is 0 Å². The molecule has 27 heavy (non-hydrogen) atoms. The predicted octanol–water partition coefficient (Wildman–Crippen LogP) is 3.59. The molecule has 2 N–H and O–H groups in total. The highest BCUT2D eigenvalue weighted by atomic mass is 16.5. The van der Waals surface area contributed by atoms with Gasteiger partial charge in [0.05, 0.1) is 19.5 Å². The zero-order chi connectivity index (χ0) is 18.9. The monoisotopic (exact) mass is 368 g/mol. The van der Waals surface area contributed by atoms with Crippen LogP contribution in [0.25, 0.3) is 0 Å². The zero-order valence-corrected chi connectivity index (χ0v) is 15.9. The summed E-state index contributed by atoms with van der Waals surface area (Å²) in [6.07, 6.45) is 11.0. The van der Waals surface area contributed by atoms with Crippen molar-refractivity contribution in [2.45, 2.75) is 51.0 Å². The van der Waals surface area contributed by atoms with Crippen LogP contribution in [0.5, 0.6) is 5.75 Å². The number of para-hydroxylation sites is 1. The van der Waals surface area contributed by atoms with Crippen LogP contribution in [-0.2, 0) is 6.42 Å². The van der Waals surface area contributed by atoms with Gasteiger partial charge in [-0.15, -0.1) is 0 Å². The molecule has 0 saturated heterocycles. The maximum atomic E-state index is 12.4. The van der Waals surface area contributed by atoms with Gasteiger partial charge in [-0.3, -0.25) is 4.79 Å². The molecule has 6 nitrogen and oxygen atoms in total. The van der Waals surface area contributed by atoms with Crippen molar-refractivity contribution in [2.75, 3.05) is 19.0 Å². The second kappa shape index (κ2) is 9.90. The molecule has 0 radical (unpaired) electrons. The molecule has 0 unspecified atom stereocenters. The first-order valence-electron chi connectivity index (χ1n) is 9.75. The number of hydrogen-bond acceptors (Lipinski definition) is 5. The van der Waals surface area contributed by atoms with Gasteiger partial charge in [0.1, 0.15) is 17.3 Å². The van der Waals surface area contributed by atoms with Crippen LogP contribution in [-0.4, -0.2) is 35.6 Å². The van der Waals surface area contributed by atoms with Gasteiger partial charge in [-0.1, -0.05) is 43.9 Å². The minimum atomic E-state index is -0.130. The van der Waals surface area contributed by atoms with E-state index in [1.165, 1.54) is 31.9 Å². The lowest BCUT2D eigenvalue weighted by Gasteiger charge is -2.15. The van der Waals surface area contributed by atoms with Gasteiger partial charge in [-0.05, 0) is 30.9 Å². The number of nitrogens with zero attached hydrogens (tertiary/aromatic N) is 2. The van der Waals surface area contributed by atoms with E-state index in [0.717, 1.165) is 30.6 Å². The van der Waals surface area contributed by atoms with Crippen molar-refractivity contribution >= 4 is 11.7 Å². The normalized spacial score (nSPS) is 15.0. The molecular formula is C21H28N4O2. The highest BCUT2D eigenvalue weighted by Gasteiger charge is 2.16. The molecule has 1 fully saturated rings. The minimum Gasteiger partial charge on any atom is -0.496 e. The van der Waals surface area contributed by atoms with E-state index >= 15 is 0 Å². The fraction of sp³-hybridized carbons (Fsp3) is 0.476. The number of anilines is 1. The lowest BCUT2D eigenvalue weighted by atomic mass is 10.1. The number of carbonyl (C=O) groups excluding carboxylic acids is 1. The number of hydrogen-bond donors (Lipinski definition) is 2. The number of carbonyl (C=O) groups is 1. The number of nitrogens with one attached hydrogen (secondary N) is 2. The number of ether oxygens (including phenoxy) is 1. The summed E-state index contributed by atoms with van der Waals surface area (Å²) in [5.74, 6) is 1.42. The average molecular weight is 368 g/mol. The van der Waals surface area contributed by atoms with Gasteiger partial charge in [-0.25, -0.2) is 9.97 Å². The van der Waals surface area contributed by atoms with Crippen molar-refractivity contribution in [3.05, 3.63) is 47.9 Å². The van der Waals surface area contributed by atoms with Crippen LogP contribution in [0.2, 0.25) is 0 Å². The Bertz CT molecular complexity index is 725. The molecule has 0 spiro atoms. The number of aromatic nitrogens is 2. The topological polar surface area (TPSA) is 76.1 Å². The molecular weight excluding hydrogens is 340 g/mol. The summed E-state index contributed by atoms with van der Waals surface area (Å²) < 4.78 is 5.36. The highest BCUT2D eigenvalue weighted by Crippen LogP contribution is 2.18. The van der Waals surface area contributed by atoms with Gasteiger partial charge in [0.25, 0.3) is 5.91 Å². The third-order valence-electron chi connectivity index (χ3n) is 4.97. The summed E-state index contributed by atoms with van der Waals surface area (Å²) in [7, 11) is 1.68. The van der Waals surface area contributed by atoms with Gasteiger partial charge < -0.3 is 15.4 Å². The van der Waals surface area contributed by atoms with Crippen molar-refractivity contribution in [3.63, 3.8) is 0 Å². The third-order valence-corrected chi connectivity index (χ3v) is 4.97. The summed E-state index contributed by atoms with van der Waals surface area (Å²) in [6.45, 7) is 0.711. The van der Waals surface area contributed by atoms with Crippen LogP contribution in [0.4, 0.5) is 5.82 Å². The lowest BCUT2D eigenvalue weighted by Crippen LogP contribution is -2.35. The first kappa shape index (κ1) is 19.1. The molecule has 1 aliphatic carbocycles. The SMILES string of the molecule is COc1ccccc1CCNc1cnc(C(=O)NC2CCCCCC2)cn1. The number of benzene rings is 1. The largest absolute Gasteiger partial charge is 0.496 e. The van der Waals surface area contributed by atoms with E-state index in [4.69, 9.17) is 4.74 Å². The van der Waals surface area contributed by atoms with E-state index < -0.39 is 0 Å². The van der Waals surface area contributed by atoms with Crippen LogP contribution < -0.4 is 15.4 Å². The average Bonchev–Trinajstić information content (AvgIpc) is 2.97. The smallest absolute Gasteiger partial charge is 0.271 e. The van der Waals surface area contributed by atoms with E-state index in [1.807, 2.05) is 24.3 Å². The molecule has 1 aliphatic rings. The van der Waals surface area contributed by atoms with E-state index in [1.54, 1.807) is 13.3 Å². The zero-order valence-electron chi connectivity index (χ0n) is 15.9. The van der Waals surface area contributed by atoms with Crippen LogP contribution >= 0.6 is 0 Å². The van der Waals surface area contributed by atoms with Crippen LogP contribution in [0.3, 0.4) is 0 Å². The third kappa shape index (κ3) is 5.67. The van der Waals surface area contributed by atoms with E-state index in [0.29, 0.717) is 18.1 Å². The number of amides is 1. The number of methoxy groups -OCH3 is 1. The fourth-order valence-electron chi connectivity index (χ4n) is 3.45. The lowest BCUT2D eigenvalue weighted by molar-refractivity contribution is 0.0928. The van der Waals surface area contributed by atoms with Gasteiger partial charge in [-0.2, -0.15) is 0 Å². The quantitative estimate of drug-likeness (QED) is 0.731. The Morgan fingerprint density at radius 3 is 2.59 bits per heavy atom. The minimum absolute atomic E-state index is 0.130. The summed E-state index contributed by atoms with van der Waals surface area (Å²) in [5.41, 5.74) is 1.51. The molecule has 0 aliphatic heterocycles. The predicted molar refractivity (Wildman–Crippen MR) is 106 cm³/mol. The van der Waals surface area contributed by atoms with E-state index in [9.17, 15) is 4.79 Å². The second-order valence-corrected chi connectivity index (χ2v) is 6.94. The van der Waals surface area contributed by atoms with Crippen molar-refractivity contribution < 1.29 is 9.53 Å². The second-order valence-electron chi connectivity index (χ2n) is 6.94. The molecule has 1 saturated carbocycles. The van der Waals surface area contributed by atoms with Crippen molar-refractivity contribution in [1.29, 1.82) is 0 Å². The van der Waals surface area contributed by atoms with Gasteiger partial charge >= 0.3 is 0 Å². The van der Waals surface area contributed by atoms with E-state index in [2.05, 4.69) is 20.6 Å². The molecule has 144 valence electrons. The Morgan fingerprint density at radius 2 is 1.89 bits per heavy atom. The first-order chi connectivity index (χ1) is 13.3. The summed E-state index contributed by atoms with van der Waals surface area (Å²) in [5, 5.41) is 6.34. The Hall–Kier alpha value is -2.63. The number of rotatable bonds is 7. The molecule has 2 aromatic rings. The Balaban J connectivity index is 1.48. The molecule has 1 amide bonds. The first-order valence-corrected chi connectivity index (χ1v) is 9.75. The van der Waals surface area contributed by atoms with Crippen LogP contribution in [0.1, 0.15) is 54.6 Å². The van der Waals surface area contributed by atoms with Crippen molar-refractivity contribution in [3.8, 4) is 5.75 Å². The van der Waals surface area contributed by atoms with Crippen LogP contribution in [0.15, 0.2) is 36.7 Å². The molecule has 1 aromatic heterocycles.